The van der Waals surface area contributed by atoms with E-state index in [2.05, 4.69) is 31.5 Å². The molecule has 3 atom stereocenters. The lowest BCUT2D eigenvalue weighted by Gasteiger charge is -2.43. The summed E-state index contributed by atoms with van der Waals surface area (Å²) < 4.78 is 45.1. The summed E-state index contributed by atoms with van der Waals surface area (Å²) in [5, 5.41) is 21.7. The lowest BCUT2D eigenvalue weighted by atomic mass is 9.85. The van der Waals surface area contributed by atoms with Crippen molar-refractivity contribution in [2.24, 2.45) is 13.0 Å². The summed E-state index contributed by atoms with van der Waals surface area (Å²) >= 11 is 0. The number of carbonyl (C=O) groups excluding carboxylic acids is 3. The van der Waals surface area contributed by atoms with Crippen LogP contribution in [0.2, 0.25) is 0 Å². The summed E-state index contributed by atoms with van der Waals surface area (Å²) in [4.78, 5) is 59.9. The van der Waals surface area contributed by atoms with E-state index in [4.69, 9.17) is 5.10 Å². The number of aliphatic hydroxyl groups is 1. The molecule has 6 heterocycles. The van der Waals surface area contributed by atoms with Crippen LogP contribution in [-0.4, -0.2) is 94.8 Å². The molecule has 3 aliphatic heterocycles. The van der Waals surface area contributed by atoms with Crippen molar-refractivity contribution in [3.63, 3.8) is 0 Å². The minimum Gasteiger partial charge on any atom is -0.386 e. The van der Waals surface area contributed by atoms with Gasteiger partial charge in [-0.2, -0.15) is 18.3 Å². The Hall–Kier alpha value is -5.39. The fourth-order valence-corrected chi connectivity index (χ4v) is 10.5. The van der Waals surface area contributed by atoms with Crippen LogP contribution in [-0.2, 0) is 34.8 Å². The SMILES string of the molecule is Cn1c(=O)n(C2CCC(=O)NC2=O)c2cccc(CCN3C[C@H]4CC[C@@H](C3)N4CC3CCC(n4cc5cc(NC(=O)c6cccc(C(F)(F)F)n6)c(C(C)(C)O)cc5n4)CC3)c21. The number of rotatable bonds is 10. The van der Waals surface area contributed by atoms with Crippen molar-refractivity contribution in [2.45, 2.75) is 108 Å². The van der Waals surface area contributed by atoms with Gasteiger partial charge in [0, 0.05) is 74.6 Å². The summed E-state index contributed by atoms with van der Waals surface area (Å²) in [5.74, 6) is -0.980. The Morgan fingerprint density at radius 3 is 2.34 bits per heavy atom. The van der Waals surface area contributed by atoms with Crippen LogP contribution in [0.3, 0.4) is 0 Å². The second-order valence-electron chi connectivity index (χ2n) is 18.2. The minimum absolute atomic E-state index is 0.190. The molecular weight excluding hydrogens is 804 g/mol. The number of nitrogens with zero attached hydrogens (tertiary/aromatic N) is 7. The van der Waals surface area contributed by atoms with E-state index in [0.29, 0.717) is 35.5 Å². The number of imide groups is 1. The molecule has 0 spiro atoms. The molecule has 2 bridgehead atoms. The zero-order chi connectivity index (χ0) is 43.7. The van der Waals surface area contributed by atoms with Crippen molar-refractivity contribution >= 4 is 45.3 Å². The average molecular weight is 856 g/mol. The number of benzene rings is 2. The topological polar surface area (TPSA) is 160 Å². The van der Waals surface area contributed by atoms with Crippen LogP contribution in [0.25, 0.3) is 21.9 Å². The highest BCUT2D eigenvalue weighted by Gasteiger charge is 2.41. The number of anilines is 1. The molecule has 1 unspecified atom stereocenters. The van der Waals surface area contributed by atoms with Gasteiger partial charge in [0.25, 0.3) is 5.91 Å². The molecule has 3 amide bonds. The standard InChI is InChI=1S/C45H52F3N9O5/c1-44(2,62)32-21-34-28(20-35(32)50-41(59)33-7-5-9-38(49-33)45(46,47)48)23-56(52-34)29-12-10-26(11-13-29)22-55-30-14-15-31(55)25-54(24-30)19-18-27-6-4-8-36-40(27)53(3)43(61)57(36)37-16-17-39(58)51-42(37)60/h4-9,20-21,23,26,29-31,37,62H,10-19,22,24-25H2,1-3H3,(H,50,59)(H,51,58,60)/t26?,29?,30-,31+,37?. The fraction of sp³-hybridized carbons (Fsp3) is 0.511. The van der Waals surface area contributed by atoms with Gasteiger partial charge in [0.05, 0.1) is 28.2 Å². The summed E-state index contributed by atoms with van der Waals surface area (Å²) in [6.07, 6.45) is 4.98. The smallest absolute Gasteiger partial charge is 0.386 e. The molecule has 4 aliphatic rings. The van der Waals surface area contributed by atoms with Crippen LogP contribution in [0.5, 0.6) is 0 Å². The monoisotopic (exact) mass is 855 g/mol. The van der Waals surface area contributed by atoms with E-state index in [1.54, 1.807) is 42.2 Å². The van der Waals surface area contributed by atoms with Gasteiger partial charge >= 0.3 is 11.9 Å². The number of hydrogen-bond donors (Lipinski definition) is 3. The maximum Gasteiger partial charge on any atom is 0.433 e. The molecular formula is C45H52F3N9O5. The van der Waals surface area contributed by atoms with Crippen molar-refractivity contribution in [2.75, 3.05) is 31.5 Å². The van der Waals surface area contributed by atoms with Gasteiger partial charge in [0.2, 0.25) is 11.8 Å². The predicted octanol–water partition coefficient (Wildman–Crippen LogP) is 5.68. The van der Waals surface area contributed by atoms with Crippen LogP contribution in [0.15, 0.2) is 59.5 Å². The normalized spacial score (nSPS) is 24.0. The number of alkyl halides is 3. The molecule has 17 heteroatoms. The number of carbonyl (C=O) groups is 3. The number of imidazole rings is 1. The number of nitrogens with one attached hydrogen (secondary N) is 2. The maximum atomic E-state index is 13.4. The number of aromatic nitrogens is 5. The first kappa shape index (κ1) is 41.9. The third-order valence-corrected chi connectivity index (χ3v) is 13.6. The first-order valence-corrected chi connectivity index (χ1v) is 21.6. The Bertz CT molecular complexity index is 2600. The van der Waals surface area contributed by atoms with Crippen LogP contribution >= 0.6 is 0 Å². The van der Waals surface area contributed by atoms with Gasteiger partial charge < -0.3 is 10.4 Å². The number of halogens is 3. The van der Waals surface area contributed by atoms with Crippen molar-refractivity contribution in [1.82, 2.24) is 39.0 Å². The number of para-hydroxylation sites is 1. The lowest BCUT2D eigenvalue weighted by Crippen LogP contribution is -2.55. The van der Waals surface area contributed by atoms with E-state index in [1.165, 1.54) is 18.9 Å². The first-order valence-electron chi connectivity index (χ1n) is 21.6. The second kappa shape index (κ2) is 16.1. The third-order valence-electron chi connectivity index (χ3n) is 13.6. The van der Waals surface area contributed by atoms with Gasteiger partial charge in [-0.05, 0) is 107 Å². The number of aryl methyl sites for hydroxylation is 1. The minimum atomic E-state index is -4.69. The van der Waals surface area contributed by atoms with Crippen LogP contribution in [0.1, 0.15) is 105 Å². The predicted molar refractivity (Wildman–Crippen MR) is 225 cm³/mol. The highest BCUT2D eigenvalue weighted by molar-refractivity contribution is 6.04. The molecule has 1 saturated carbocycles. The molecule has 3 saturated heterocycles. The van der Waals surface area contributed by atoms with E-state index >= 15 is 0 Å². The van der Waals surface area contributed by atoms with E-state index in [9.17, 15) is 37.5 Å². The quantitative estimate of drug-likeness (QED) is 0.150. The maximum absolute atomic E-state index is 13.4. The number of piperidine rings is 1. The third kappa shape index (κ3) is 8.05. The van der Waals surface area contributed by atoms with E-state index in [1.807, 2.05) is 23.0 Å². The summed E-state index contributed by atoms with van der Waals surface area (Å²) in [7, 11) is 1.75. The summed E-state index contributed by atoms with van der Waals surface area (Å²) in [6.45, 7) is 7.12. The molecule has 4 fully saturated rings. The second-order valence-corrected chi connectivity index (χ2v) is 18.2. The zero-order valence-electron chi connectivity index (χ0n) is 35.1. The molecule has 5 aromatic rings. The molecule has 3 aromatic heterocycles. The number of amides is 3. The Morgan fingerprint density at radius 2 is 1.65 bits per heavy atom. The molecule has 9 rings (SSSR count). The Balaban J connectivity index is 0.814. The summed E-state index contributed by atoms with van der Waals surface area (Å²) in [5.41, 5.74) is 0.769. The number of piperazine rings is 1. The Labute approximate surface area is 356 Å². The molecule has 3 N–H and O–H groups in total. The van der Waals surface area contributed by atoms with Gasteiger partial charge in [-0.15, -0.1) is 0 Å². The van der Waals surface area contributed by atoms with Gasteiger partial charge in [0.1, 0.15) is 17.4 Å². The highest BCUT2D eigenvalue weighted by Crippen LogP contribution is 2.39. The number of likely N-dealkylation sites (tertiary alicyclic amines) is 1. The van der Waals surface area contributed by atoms with E-state index in [0.717, 1.165) is 92.4 Å². The average Bonchev–Trinajstić information content (AvgIpc) is 3.83. The highest BCUT2D eigenvalue weighted by atomic mass is 19.4. The van der Waals surface area contributed by atoms with E-state index < -0.39 is 35.3 Å². The number of hydrogen-bond acceptors (Lipinski definition) is 9. The van der Waals surface area contributed by atoms with Crippen LogP contribution in [0, 0.1) is 5.92 Å². The Kier molecular flexibility index (Phi) is 10.9. The van der Waals surface area contributed by atoms with Gasteiger partial charge in [-0.1, -0.05) is 18.2 Å². The Morgan fingerprint density at radius 1 is 0.935 bits per heavy atom. The van der Waals surface area contributed by atoms with Crippen molar-refractivity contribution in [3.8, 4) is 0 Å². The molecule has 14 nitrogen and oxygen atoms in total. The van der Waals surface area contributed by atoms with Crippen molar-refractivity contribution < 1.29 is 32.7 Å². The van der Waals surface area contributed by atoms with E-state index in [-0.39, 0.29) is 35.4 Å². The summed E-state index contributed by atoms with van der Waals surface area (Å²) in [6, 6.07) is 13.0. The molecule has 62 heavy (non-hydrogen) atoms. The zero-order valence-corrected chi connectivity index (χ0v) is 35.1. The molecule has 0 radical (unpaired) electrons. The number of fused-ring (bicyclic) bond motifs is 4. The van der Waals surface area contributed by atoms with Gasteiger partial charge in [0.15, 0.2) is 0 Å². The largest absolute Gasteiger partial charge is 0.433 e. The molecule has 2 aromatic carbocycles. The first-order chi connectivity index (χ1) is 29.5. The lowest BCUT2D eigenvalue weighted by molar-refractivity contribution is -0.141. The van der Waals surface area contributed by atoms with Crippen molar-refractivity contribution in [1.29, 1.82) is 0 Å². The molecule has 328 valence electrons. The van der Waals surface area contributed by atoms with Gasteiger partial charge in [-0.25, -0.2) is 9.78 Å². The van der Waals surface area contributed by atoms with Crippen molar-refractivity contribution in [3.05, 3.63) is 87.7 Å². The van der Waals surface area contributed by atoms with Crippen LogP contribution in [0.4, 0.5) is 18.9 Å². The fourth-order valence-electron chi connectivity index (χ4n) is 10.5. The number of pyridine rings is 1. The van der Waals surface area contributed by atoms with Crippen LogP contribution < -0.4 is 16.3 Å². The van der Waals surface area contributed by atoms with Gasteiger partial charge in [-0.3, -0.25) is 43.3 Å². The molecule has 1 aliphatic carbocycles.